The Morgan fingerprint density at radius 3 is 1.04 bits per heavy atom. The molecule has 0 spiro atoms. The highest BCUT2D eigenvalue weighted by Gasteiger charge is 2.22. The molecule has 0 aliphatic carbocycles. The van der Waals surface area contributed by atoms with Gasteiger partial charge in [0.2, 0.25) is 15.9 Å². The van der Waals surface area contributed by atoms with Crippen molar-refractivity contribution in [3.8, 4) is 123 Å². The third-order valence-electron chi connectivity index (χ3n) is 18.9. The summed E-state index contributed by atoms with van der Waals surface area (Å²) in [5, 5.41) is 8.26. The van der Waals surface area contributed by atoms with Gasteiger partial charge in [-0.25, -0.2) is 59.8 Å². The van der Waals surface area contributed by atoms with E-state index in [4.69, 9.17) is 69.7 Å². The van der Waals surface area contributed by atoms with E-state index in [1.165, 1.54) is 14.1 Å². The van der Waals surface area contributed by atoms with E-state index in [9.17, 15) is 0 Å². The minimum atomic E-state index is 0. The Morgan fingerprint density at radius 1 is 0.223 bits per heavy atom. The zero-order valence-corrected chi connectivity index (χ0v) is 63.8. The summed E-state index contributed by atoms with van der Waals surface area (Å²) in [5.74, 6) is 2.53. The molecule has 9 aromatic heterocycles. The van der Waals surface area contributed by atoms with Crippen LogP contribution in [0, 0.1) is 0 Å². The van der Waals surface area contributed by atoms with Gasteiger partial charge < -0.3 is 0 Å². The van der Waals surface area contributed by atoms with Crippen molar-refractivity contribution >= 4 is 151 Å². The Hall–Kier alpha value is -12.6. The van der Waals surface area contributed by atoms with Gasteiger partial charge in [0.05, 0.1) is 33.0 Å². The van der Waals surface area contributed by atoms with Gasteiger partial charge in [0.1, 0.15) is 19.5 Å². The summed E-state index contributed by atoms with van der Waals surface area (Å²) in [6, 6.07) is 107. The van der Waals surface area contributed by atoms with Crippen LogP contribution in [0.4, 0.5) is 0 Å². The summed E-state index contributed by atoms with van der Waals surface area (Å²) in [6.45, 7) is 0. The Bertz CT molecular complexity index is 7000. The molecule has 0 aliphatic rings. The maximum Gasteiger partial charge on any atom is 0.224 e. The average molecular weight is 1580 g/mol. The number of benzene rings is 12. The van der Waals surface area contributed by atoms with Gasteiger partial charge in [0, 0.05) is 108 Å². The lowest BCUT2D eigenvalue weighted by molar-refractivity contribution is 1.07. The highest BCUT2D eigenvalue weighted by Crippen LogP contribution is 2.45. The van der Waals surface area contributed by atoms with E-state index in [1.54, 1.807) is 45.3 Å². The maximum absolute atomic E-state index is 6.43. The highest BCUT2D eigenvalue weighted by molar-refractivity contribution is 7.26. The van der Waals surface area contributed by atoms with Crippen molar-refractivity contribution in [2.45, 2.75) is 7.43 Å². The molecule has 0 amide bonds. The van der Waals surface area contributed by atoms with Gasteiger partial charge in [-0.1, -0.05) is 274 Å². The SMILES string of the molecule is C.Clc1nc(-c2ccc(-c3nc4ccccc4s3)cc2)c2c(n1)sc1ccccc12.Clc1nc(-c2cccc(-c3cccc(-c4cnc(-c5ccccc5)nc4-c4ccccc4)c3)c2)c2c(n1)sc1ccccc12.Clc1nc(-c2cccc(-c3nc(-c4ccccc4)nc(-c4ccccc4)n3)c2)c2c(n1)sc1ccccc12. The van der Waals surface area contributed by atoms with Gasteiger partial charge >= 0.3 is 0 Å². The normalized spacial score (nSPS) is 11.3. The van der Waals surface area contributed by atoms with E-state index < -0.39 is 0 Å². The molecule has 0 saturated carbocycles. The lowest BCUT2D eigenvalue weighted by Crippen LogP contribution is -2.00. The van der Waals surface area contributed by atoms with Crippen LogP contribution in [0.5, 0.6) is 0 Å². The van der Waals surface area contributed by atoms with Gasteiger partial charge in [-0.05, 0) is 100 Å². The predicted molar refractivity (Wildman–Crippen MR) is 468 cm³/mol. The molecule has 21 rings (SSSR count). The summed E-state index contributed by atoms with van der Waals surface area (Å²) in [4.78, 5) is 59.3. The third kappa shape index (κ3) is 14.2. The second-order valence-electron chi connectivity index (χ2n) is 25.9. The quantitative estimate of drug-likeness (QED) is 0.113. The molecule has 0 unspecified atom stereocenters. The van der Waals surface area contributed by atoms with Crippen molar-refractivity contribution in [3.05, 3.63) is 337 Å². The van der Waals surface area contributed by atoms with Crippen LogP contribution in [0.15, 0.2) is 322 Å². The van der Waals surface area contributed by atoms with Gasteiger partial charge in [0.15, 0.2) is 23.3 Å². The Morgan fingerprint density at radius 2 is 0.562 bits per heavy atom. The number of rotatable bonds is 11. The molecule has 21 aromatic rings. The molecule has 0 N–H and O–H groups in total. The monoisotopic (exact) mass is 1570 g/mol. The van der Waals surface area contributed by atoms with Gasteiger partial charge in [-0.15, -0.1) is 45.3 Å². The summed E-state index contributed by atoms with van der Waals surface area (Å²) in [5.41, 5.74) is 17.4. The van der Waals surface area contributed by atoms with E-state index in [-0.39, 0.29) is 23.3 Å². The average Bonchev–Trinajstić information content (AvgIpc) is 1.56. The van der Waals surface area contributed by atoms with Crippen molar-refractivity contribution in [2.24, 2.45) is 0 Å². The second-order valence-corrected chi connectivity index (χ2v) is 31.0. The molecular formula is C93H57Cl3N12S4. The first-order valence-corrected chi connectivity index (χ1v) is 39.8. The predicted octanol–water partition coefficient (Wildman–Crippen LogP) is 27.1. The van der Waals surface area contributed by atoms with Crippen LogP contribution in [0.1, 0.15) is 7.43 Å². The number of hydrogen-bond acceptors (Lipinski definition) is 16. The first kappa shape index (κ1) is 71.0. The van der Waals surface area contributed by atoms with Crippen LogP contribution >= 0.6 is 80.1 Å². The Kier molecular flexibility index (Phi) is 19.7. The summed E-state index contributed by atoms with van der Waals surface area (Å²) < 4.78 is 4.69. The van der Waals surface area contributed by atoms with Crippen LogP contribution in [0.25, 0.3) is 195 Å². The van der Waals surface area contributed by atoms with Crippen LogP contribution in [0.3, 0.4) is 0 Å². The van der Waals surface area contributed by atoms with Crippen molar-refractivity contribution in [3.63, 3.8) is 0 Å². The van der Waals surface area contributed by atoms with Crippen molar-refractivity contribution < 1.29 is 0 Å². The van der Waals surface area contributed by atoms with E-state index in [2.05, 4.69) is 164 Å². The summed E-state index contributed by atoms with van der Waals surface area (Å²) >= 11 is 25.7. The topological polar surface area (TPSA) is 155 Å². The van der Waals surface area contributed by atoms with Crippen LogP contribution in [-0.4, -0.2) is 59.8 Å². The van der Waals surface area contributed by atoms with Crippen LogP contribution in [0.2, 0.25) is 15.9 Å². The maximum atomic E-state index is 6.43. The van der Waals surface area contributed by atoms with E-state index in [0.29, 0.717) is 23.3 Å². The van der Waals surface area contributed by atoms with Gasteiger partial charge in [-0.2, -0.15) is 0 Å². The number of hydrogen-bond donors (Lipinski definition) is 0. The molecule has 0 fully saturated rings. The zero-order valence-electron chi connectivity index (χ0n) is 58.2. The number of nitrogens with zero attached hydrogens (tertiary/aromatic N) is 12. The molecule has 534 valence electrons. The Labute approximate surface area is 673 Å². The first-order chi connectivity index (χ1) is 54.7. The van der Waals surface area contributed by atoms with E-state index >= 15 is 0 Å². The number of halogens is 3. The Balaban J connectivity index is 0.000000119. The largest absolute Gasteiger partial charge is 0.236 e. The number of thiophene rings is 3. The fraction of sp³-hybridized carbons (Fsp3) is 0.0108. The highest BCUT2D eigenvalue weighted by atomic mass is 35.5. The van der Waals surface area contributed by atoms with Crippen molar-refractivity contribution in [2.75, 3.05) is 0 Å². The summed E-state index contributed by atoms with van der Waals surface area (Å²) in [7, 11) is 0. The number of aromatic nitrogens is 12. The van der Waals surface area contributed by atoms with Crippen LogP contribution in [-0.2, 0) is 0 Å². The lowest BCUT2D eigenvalue weighted by Gasteiger charge is -2.13. The molecule has 112 heavy (non-hydrogen) atoms. The minimum Gasteiger partial charge on any atom is -0.236 e. The van der Waals surface area contributed by atoms with E-state index in [1.807, 2.05) is 182 Å². The van der Waals surface area contributed by atoms with Gasteiger partial charge in [0.25, 0.3) is 0 Å². The van der Waals surface area contributed by atoms with Crippen molar-refractivity contribution in [1.82, 2.24) is 59.8 Å². The smallest absolute Gasteiger partial charge is 0.224 e. The lowest BCUT2D eigenvalue weighted by atomic mass is 9.95. The van der Waals surface area contributed by atoms with Gasteiger partial charge in [-0.3, -0.25) is 0 Å². The van der Waals surface area contributed by atoms with Crippen molar-refractivity contribution in [1.29, 1.82) is 0 Å². The molecule has 19 heteroatoms. The fourth-order valence-corrected chi connectivity index (χ4v) is 18.6. The molecule has 0 aliphatic heterocycles. The standard InChI is InChI=1S/C38H23ClN4S.C31H18ClN5S.C23H12ClN3S2.CH4/c39-38-42-35(33-30-19-7-8-20-32(30)44-37(33)43-38)29-18-10-16-27(22-29)26-15-9-17-28(21-26)31-23-40-36(25-13-5-2-6-14-25)41-34(31)24-11-3-1-4-12-24;32-31-33-26(25-23-16-7-8-17-24(23)38-30(25)37-31)21-14-9-15-22(18-21)29-35-27(19-10-3-1-4-11-19)34-28(36-29)20-12-5-2-6-13-20;24-23-26-20(19-15-5-1-3-7-17(15)28-22(19)27-23)13-9-11-14(12-10-13)21-25-16-6-2-4-8-18(16)29-21;/h1-23H;1-18H;1-12H;1H4. The molecule has 0 bridgehead atoms. The minimum absolute atomic E-state index is 0. The molecule has 0 radical (unpaired) electrons. The summed E-state index contributed by atoms with van der Waals surface area (Å²) in [6.07, 6.45) is 1.94. The fourth-order valence-electron chi connectivity index (χ4n) is 13.8. The number of para-hydroxylation sites is 1. The zero-order chi connectivity index (χ0) is 74.3. The number of thiazole rings is 1. The third-order valence-corrected chi connectivity index (χ3v) is 23.7. The molecule has 12 nitrogen and oxygen atoms in total. The molecule has 12 aromatic carbocycles. The van der Waals surface area contributed by atoms with E-state index in [0.717, 1.165) is 157 Å². The molecule has 0 saturated heterocycles. The second kappa shape index (κ2) is 31.0. The molecule has 9 heterocycles. The number of fused-ring (bicyclic) bond motifs is 10. The first-order valence-electron chi connectivity index (χ1n) is 35.4. The van der Waals surface area contributed by atoms with Crippen LogP contribution < -0.4 is 0 Å². The molecule has 0 atom stereocenters. The molecular weight excluding hydrogens is 1520 g/mol.